The second-order valence-corrected chi connectivity index (χ2v) is 8.32. The summed E-state index contributed by atoms with van der Waals surface area (Å²) in [4.78, 5) is 16.8. The average Bonchev–Trinajstić information content (AvgIpc) is 3.02. The first-order chi connectivity index (χ1) is 12.8. The summed E-state index contributed by atoms with van der Waals surface area (Å²) in [6, 6.07) is 6.17. The summed E-state index contributed by atoms with van der Waals surface area (Å²) in [7, 11) is -3.29. The Kier molecular flexibility index (Phi) is 5.36. The van der Waals surface area contributed by atoms with Crippen molar-refractivity contribution < 1.29 is 23.1 Å². The summed E-state index contributed by atoms with van der Waals surface area (Å²) >= 11 is 0. The first-order valence-corrected chi connectivity index (χ1v) is 10.2. The second-order valence-electron chi connectivity index (χ2n) is 6.34. The van der Waals surface area contributed by atoms with Crippen molar-refractivity contribution in [1.82, 2.24) is 14.2 Å². The number of aromatic nitrogens is 1. The normalized spacial score (nSPS) is 17.5. The lowest BCUT2D eigenvalue weighted by molar-refractivity contribution is -0.144. The molecule has 10 heteroatoms. The molecule has 0 amide bonds. The highest BCUT2D eigenvalue weighted by Crippen LogP contribution is 2.32. The fraction of sp³-hybridized carbons (Fsp3) is 0.412. The smallest absolute Gasteiger partial charge is 0.325 e. The molecule has 0 saturated carbocycles. The van der Waals surface area contributed by atoms with E-state index in [0.717, 1.165) is 11.8 Å². The number of hydrogen-bond acceptors (Lipinski definition) is 6. The summed E-state index contributed by atoms with van der Waals surface area (Å²) in [5.74, 6) is -0.525. The minimum atomic E-state index is -3.29. The maximum atomic E-state index is 12.0. The quantitative estimate of drug-likeness (QED) is 0.743. The number of carboxylic acid groups (broad SMARTS) is 1. The highest BCUT2D eigenvalue weighted by Gasteiger charge is 2.33. The molecule has 1 aromatic heterocycles. The summed E-state index contributed by atoms with van der Waals surface area (Å²) in [6.07, 6.45) is 2.81. The van der Waals surface area contributed by atoms with Crippen molar-refractivity contribution in [2.75, 3.05) is 39.0 Å². The minimum absolute atomic E-state index is 0.0962. The maximum absolute atomic E-state index is 12.0. The van der Waals surface area contributed by atoms with Crippen LogP contribution in [-0.2, 0) is 14.8 Å². The lowest BCUT2D eigenvalue weighted by atomic mass is 10.0. The van der Waals surface area contributed by atoms with Crippen LogP contribution in [0.5, 0.6) is 5.75 Å². The van der Waals surface area contributed by atoms with Crippen LogP contribution < -0.4 is 4.74 Å². The van der Waals surface area contributed by atoms with Crippen LogP contribution in [0.1, 0.15) is 11.6 Å². The van der Waals surface area contributed by atoms with Crippen molar-refractivity contribution in [3.05, 3.63) is 30.0 Å². The van der Waals surface area contributed by atoms with Crippen LogP contribution in [0.25, 0.3) is 10.9 Å². The lowest BCUT2D eigenvalue weighted by Crippen LogP contribution is -2.50. The number of hydrogen-bond donors (Lipinski definition) is 2. The molecule has 2 heterocycles. The van der Waals surface area contributed by atoms with Gasteiger partial charge in [-0.1, -0.05) is 0 Å². The molecule has 1 fully saturated rings. The fourth-order valence-corrected chi connectivity index (χ4v) is 4.16. The van der Waals surface area contributed by atoms with Gasteiger partial charge in [-0.15, -0.1) is 0 Å². The van der Waals surface area contributed by atoms with Gasteiger partial charge in [0.05, 0.1) is 6.26 Å². The number of fused-ring (bicyclic) bond motifs is 1. The van der Waals surface area contributed by atoms with Crippen LogP contribution in [0, 0.1) is 11.3 Å². The number of nitrogens with one attached hydrogen (secondary N) is 1. The Labute approximate surface area is 156 Å². The van der Waals surface area contributed by atoms with Gasteiger partial charge in [0.15, 0.2) is 6.61 Å². The molecule has 27 heavy (non-hydrogen) atoms. The van der Waals surface area contributed by atoms with Gasteiger partial charge in [0.25, 0.3) is 0 Å². The molecule has 144 valence electrons. The fourth-order valence-electron chi connectivity index (χ4n) is 3.33. The van der Waals surface area contributed by atoms with Crippen molar-refractivity contribution in [3.63, 3.8) is 0 Å². The third-order valence-corrected chi connectivity index (χ3v) is 5.93. The lowest BCUT2D eigenvalue weighted by Gasteiger charge is -2.36. The summed E-state index contributed by atoms with van der Waals surface area (Å²) in [5.41, 5.74) is 1.34. The summed E-state index contributed by atoms with van der Waals surface area (Å²) in [5, 5.41) is 19.2. The molecule has 1 aromatic carbocycles. The van der Waals surface area contributed by atoms with Crippen LogP contribution >= 0.6 is 0 Å². The number of carbonyl (C=O) groups is 1. The minimum Gasteiger partial charge on any atom is -0.480 e. The SMILES string of the molecule is CS(=O)(=O)N1CCN(C(C(=O)O)c2c[nH]c3ccc(OCC#N)cc23)CC1. The Balaban J connectivity index is 1.90. The molecule has 1 aliphatic rings. The average molecular weight is 392 g/mol. The number of nitrogens with zero attached hydrogens (tertiary/aromatic N) is 3. The predicted octanol–water partition coefficient (Wildman–Crippen LogP) is 0.773. The first kappa shape index (κ1) is 19.2. The first-order valence-electron chi connectivity index (χ1n) is 8.34. The molecule has 2 N–H and O–H groups in total. The molecule has 9 nitrogen and oxygen atoms in total. The van der Waals surface area contributed by atoms with Gasteiger partial charge in [0.2, 0.25) is 10.0 Å². The molecule has 0 radical (unpaired) electrons. The van der Waals surface area contributed by atoms with E-state index in [1.54, 1.807) is 29.3 Å². The van der Waals surface area contributed by atoms with Crippen LogP contribution in [0.2, 0.25) is 0 Å². The van der Waals surface area contributed by atoms with Gasteiger partial charge in [0, 0.05) is 48.8 Å². The van der Waals surface area contributed by atoms with Crippen LogP contribution in [0.3, 0.4) is 0 Å². The third-order valence-electron chi connectivity index (χ3n) is 4.62. The van der Waals surface area contributed by atoms with Gasteiger partial charge in [0.1, 0.15) is 17.9 Å². The molecule has 2 aromatic rings. The van der Waals surface area contributed by atoms with Gasteiger partial charge in [-0.2, -0.15) is 9.57 Å². The Hall–Kier alpha value is -2.61. The zero-order valence-electron chi connectivity index (χ0n) is 14.8. The standard InChI is InChI=1S/C17H20N4O5S/c1-27(24,25)21-7-5-20(6-8-21)16(17(22)23)14-11-19-15-3-2-12(10-13(14)15)26-9-4-18/h2-3,10-11,16,19H,5-9H2,1H3,(H,22,23). The molecule has 1 aliphatic heterocycles. The zero-order chi connectivity index (χ0) is 19.6. The van der Waals surface area contributed by atoms with Crippen molar-refractivity contribution >= 4 is 26.9 Å². The topological polar surface area (TPSA) is 127 Å². The predicted molar refractivity (Wildman–Crippen MR) is 97.8 cm³/mol. The Bertz CT molecular complexity index is 986. The molecule has 1 saturated heterocycles. The van der Waals surface area contributed by atoms with E-state index in [9.17, 15) is 18.3 Å². The van der Waals surface area contributed by atoms with Crippen molar-refractivity contribution in [2.45, 2.75) is 6.04 Å². The number of benzene rings is 1. The van der Waals surface area contributed by atoms with E-state index in [2.05, 4.69) is 4.98 Å². The molecular formula is C17H20N4O5S. The Morgan fingerprint density at radius 2 is 2.07 bits per heavy atom. The van der Waals surface area contributed by atoms with Gasteiger partial charge in [-0.05, 0) is 18.2 Å². The molecule has 3 rings (SSSR count). The number of H-pyrrole nitrogens is 1. The van der Waals surface area contributed by atoms with Gasteiger partial charge in [-0.25, -0.2) is 8.42 Å². The second kappa shape index (κ2) is 7.56. The highest BCUT2D eigenvalue weighted by atomic mass is 32.2. The van der Waals surface area contributed by atoms with E-state index >= 15 is 0 Å². The number of ether oxygens (including phenoxy) is 1. The summed E-state index contributed by atoms with van der Waals surface area (Å²) < 4.78 is 30.0. The van der Waals surface area contributed by atoms with Crippen LogP contribution in [-0.4, -0.2) is 72.7 Å². The number of carboxylic acids is 1. The van der Waals surface area contributed by atoms with Crippen molar-refractivity contribution in [3.8, 4) is 11.8 Å². The zero-order valence-corrected chi connectivity index (χ0v) is 15.6. The van der Waals surface area contributed by atoms with E-state index in [4.69, 9.17) is 10.00 Å². The Morgan fingerprint density at radius 1 is 1.37 bits per heavy atom. The van der Waals surface area contributed by atoms with Gasteiger partial charge >= 0.3 is 5.97 Å². The molecule has 0 bridgehead atoms. The molecule has 0 aliphatic carbocycles. The monoisotopic (exact) mass is 392 g/mol. The number of piperazine rings is 1. The van der Waals surface area contributed by atoms with Gasteiger partial charge < -0.3 is 14.8 Å². The number of aliphatic carboxylic acids is 1. The highest BCUT2D eigenvalue weighted by molar-refractivity contribution is 7.88. The largest absolute Gasteiger partial charge is 0.480 e. The number of nitriles is 1. The number of rotatable bonds is 6. The Morgan fingerprint density at radius 3 is 2.67 bits per heavy atom. The molecule has 0 spiro atoms. The van der Waals surface area contributed by atoms with E-state index in [0.29, 0.717) is 29.8 Å². The molecular weight excluding hydrogens is 372 g/mol. The van der Waals surface area contributed by atoms with E-state index in [1.807, 2.05) is 6.07 Å². The van der Waals surface area contributed by atoms with Crippen molar-refractivity contribution in [1.29, 1.82) is 5.26 Å². The maximum Gasteiger partial charge on any atom is 0.325 e. The van der Waals surface area contributed by atoms with Crippen LogP contribution in [0.15, 0.2) is 24.4 Å². The van der Waals surface area contributed by atoms with Crippen LogP contribution in [0.4, 0.5) is 0 Å². The third kappa shape index (κ3) is 4.05. The van der Waals surface area contributed by atoms with E-state index in [-0.39, 0.29) is 19.7 Å². The number of sulfonamides is 1. The van der Waals surface area contributed by atoms with E-state index in [1.165, 1.54) is 4.31 Å². The van der Waals surface area contributed by atoms with E-state index < -0.39 is 22.0 Å². The van der Waals surface area contributed by atoms with Crippen molar-refractivity contribution in [2.24, 2.45) is 0 Å². The molecule has 1 atom stereocenters. The van der Waals surface area contributed by atoms with Gasteiger partial charge in [-0.3, -0.25) is 9.69 Å². The summed E-state index contributed by atoms with van der Waals surface area (Å²) in [6.45, 7) is 1.05. The number of aromatic amines is 1. The molecule has 1 unspecified atom stereocenters.